The molecule has 2 rings (SSSR count). The lowest BCUT2D eigenvalue weighted by atomic mass is 9.98. The van der Waals surface area contributed by atoms with Gasteiger partial charge in [0.25, 0.3) is 5.91 Å². The molecule has 1 aliphatic heterocycles. The molecule has 2 N–H and O–H groups in total. The Morgan fingerprint density at radius 3 is 2.94 bits per heavy atom. The Morgan fingerprint density at radius 2 is 2.24 bits per heavy atom. The quantitative estimate of drug-likeness (QED) is 0.848. The van der Waals surface area contributed by atoms with Crippen LogP contribution < -0.4 is 5.73 Å². The van der Waals surface area contributed by atoms with Gasteiger partial charge < -0.3 is 10.6 Å². The largest absolute Gasteiger partial charge is 0.338 e. The number of piperidine rings is 1. The van der Waals surface area contributed by atoms with Gasteiger partial charge in [0.15, 0.2) is 0 Å². The number of nitrogens with two attached hydrogens (primary N) is 1. The zero-order valence-corrected chi connectivity index (χ0v) is 10.4. The number of nitrogens with zero attached hydrogens (tertiary/aromatic N) is 1. The number of amides is 1. The van der Waals surface area contributed by atoms with Crippen molar-refractivity contribution in [2.45, 2.75) is 26.3 Å². The molecule has 1 aromatic carbocycles. The Kier molecular flexibility index (Phi) is 3.79. The Balaban J connectivity index is 2.18. The van der Waals surface area contributed by atoms with Crippen LogP contribution in [0.25, 0.3) is 0 Å². The average molecular weight is 232 g/mol. The fourth-order valence-corrected chi connectivity index (χ4v) is 2.45. The van der Waals surface area contributed by atoms with Gasteiger partial charge in [-0.3, -0.25) is 4.79 Å². The molecule has 1 aromatic rings. The van der Waals surface area contributed by atoms with Gasteiger partial charge in [-0.25, -0.2) is 0 Å². The summed E-state index contributed by atoms with van der Waals surface area (Å²) in [6.45, 7) is 4.37. The third-order valence-corrected chi connectivity index (χ3v) is 3.41. The molecule has 0 saturated carbocycles. The minimum absolute atomic E-state index is 0.137. The molecule has 0 aromatic heterocycles. The molecular formula is C14H20N2O. The lowest BCUT2D eigenvalue weighted by molar-refractivity contribution is 0.0682. The van der Waals surface area contributed by atoms with Gasteiger partial charge in [0.05, 0.1) is 0 Å². The summed E-state index contributed by atoms with van der Waals surface area (Å²) in [7, 11) is 0. The Bertz CT molecular complexity index is 403. The highest BCUT2D eigenvalue weighted by Gasteiger charge is 2.23. The standard InChI is InChI=1S/C14H20N2O/c1-11-5-4-8-16(10-11)14(17)13-7-3-2-6-12(13)9-15/h2-3,6-7,11H,4-5,8-10,15H2,1H3. The van der Waals surface area contributed by atoms with Crippen LogP contribution in [0, 0.1) is 5.92 Å². The molecule has 1 aliphatic rings. The van der Waals surface area contributed by atoms with Crippen LogP contribution in [-0.2, 0) is 6.54 Å². The van der Waals surface area contributed by atoms with Crippen molar-refractivity contribution >= 4 is 5.91 Å². The number of hydrogen-bond donors (Lipinski definition) is 1. The van der Waals surface area contributed by atoms with Crippen LogP contribution in [0.5, 0.6) is 0 Å². The number of carbonyl (C=O) groups excluding carboxylic acids is 1. The fraction of sp³-hybridized carbons (Fsp3) is 0.500. The molecule has 0 aliphatic carbocycles. The summed E-state index contributed by atoms with van der Waals surface area (Å²) in [5, 5.41) is 0. The highest BCUT2D eigenvalue weighted by molar-refractivity contribution is 5.95. The van der Waals surface area contributed by atoms with Crippen molar-refractivity contribution in [3.8, 4) is 0 Å². The third kappa shape index (κ3) is 2.67. The molecule has 1 atom stereocenters. The average Bonchev–Trinajstić information content (AvgIpc) is 2.38. The van der Waals surface area contributed by atoms with E-state index in [1.54, 1.807) is 0 Å². The Hall–Kier alpha value is -1.35. The van der Waals surface area contributed by atoms with Gasteiger partial charge in [0, 0.05) is 25.2 Å². The minimum atomic E-state index is 0.137. The van der Waals surface area contributed by atoms with E-state index in [-0.39, 0.29) is 5.91 Å². The van der Waals surface area contributed by atoms with Gasteiger partial charge >= 0.3 is 0 Å². The van der Waals surface area contributed by atoms with Crippen molar-refractivity contribution in [2.75, 3.05) is 13.1 Å². The Morgan fingerprint density at radius 1 is 1.47 bits per heavy atom. The number of hydrogen-bond acceptors (Lipinski definition) is 2. The van der Waals surface area contributed by atoms with E-state index in [1.165, 1.54) is 6.42 Å². The first-order valence-electron chi connectivity index (χ1n) is 6.29. The van der Waals surface area contributed by atoms with Gasteiger partial charge in [-0.15, -0.1) is 0 Å². The maximum atomic E-state index is 12.4. The number of rotatable bonds is 2. The first-order chi connectivity index (χ1) is 8.22. The van der Waals surface area contributed by atoms with Crippen LogP contribution in [0.3, 0.4) is 0 Å². The van der Waals surface area contributed by atoms with E-state index < -0.39 is 0 Å². The zero-order chi connectivity index (χ0) is 12.3. The lowest BCUT2D eigenvalue weighted by Crippen LogP contribution is -2.39. The normalized spacial score (nSPS) is 20.4. The summed E-state index contributed by atoms with van der Waals surface area (Å²) in [4.78, 5) is 14.4. The van der Waals surface area contributed by atoms with Gasteiger partial charge in [-0.05, 0) is 30.4 Å². The summed E-state index contributed by atoms with van der Waals surface area (Å²) in [5.41, 5.74) is 7.38. The van der Waals surface area contributed by atoms with Gasteiger partial charge in [-0.1, -0.05) is 25.1 Å². The van der Waals surface area contributed by atoms with Crippen molar-refractivity contribution in [3.63, 3.8) is 0 Å². The van der Waals surface area contributed by atoms with E-state index in [2.05, 4.69) is 6.92 Å². The highest BCUT2D eigenvalue weighted by atomic mass is 16.2. The number of carbonyl (C=O) groups is 1. The molecule has 17 heavy (non-hydrogen) atoms. The molecule has 3 heteroatoms. The van der Waals surface area contributed by atoms with Crippen molar-refractivity contribution in [1.29, 1.82) is 0 Å². The van der Waals surface area contributed by atoms with Crippen LogP contribution in [0.2, 0.25) is 0 Å². The van der Waals surface area contributed by atoms with Crippen molar-refractivity contribution < 1.29 is 4.79 Å². The van der Waals surface area contributed by atoms with Crippen LogP contribution >= 0.6 is 0 Å². The molecular weight excluding hydrogens is 212 g/mol. The molecule has 0 radical (unpaired) electrons. The second kappa shape index (κ2) is 5.32. The molecule has 1 heterocycles. The predicted molar refractivity (Wildman–Crippen MR) is 68.6 cm³/mol. The van der Waals surface area contributed by atoms with E-state index in [0.29, 0.717) is 12.5 Å². The second-order valence-electron chi connectivity index (χ2n) is 4.86. The summed E-state index contributed by atoms with van der Waals surface area (Å²) in [6.07, 6.45) is 2.33. The van der Waals surface area contributed by atoms with E-state index in [1.807, 2.05) is 29.2 Å². The van der Waals surface area contributed by atoms with Crippen LogP contribution in [0.4, 0.5) is 0 Å². The molecule has 1 amide bonds. The molecule has 3 nitrogen and oxygen atoms in total. The molecule has 1 saturated heterocycles. The second-order valence-corrected chi connectivity index (χ2v) is 4.86. The first-order valence-corrected chi connectivity index (χ1v) is 6.29. The van der Waals surface area contributed by atoms with Crippen molar-refractivity contribution in [2.24, 2.45) is 11.7 Å². The number of benzene rings is 1. The maximum absolute atomic E-state index is 12.4. The minimum Gasteiger partial charge on any atom is -0.338 e. The first kappa shape index (κ1) is 12.1. The summed E-state index contributed by atoms with van der Waals surface area (Å²) < 4.78 is 0. The highest BCUT2D eigenvalue weighted by Crippen LogP contribution is 2.19. The zero-order valence-electron chi connectivity index (χ0n) is 10.4. The molecule has 92 valence electrons. The maximum Gasteiger partial charge on any atom is 0.254 e. The predicted octanol–water partition coefficient (Wildman–Crippen LogP) is 2.02. The SMILES string of the molecule is CC1CCCN(C(=O)c2ccccc2CN)C1. The lowest BCUT2D eigenvalue weighted by Gasteiger charge is -2.31. The molecule has 0 spiro atoms. The monoisotopic (exact) mass is 232 g/mol. The molecule has 0 bridgehead atoms. The Labute approximate surface area is 103 Å². The fourth-order valence-electron chi connectivity index (χ4n) is 2.45. The number of likely N-dealkylation sites (tertiary alicyclic amines) is 1. The van der Waals surface area contributed by atoms with Gasteiger partial charge in [0.2, 0.25) is 0 Å². The van der Waals surface area contributed by atoms with Crippen molar-refractivity contribution in [3.05, 3.63) is 35.4 Å². The van der Waals surface area contributed by atoms with Crippen molar-refractivity contribution in [1.82, 2.24) is 4.90 Å². The summed E-state index contributed by atoms with van der Waals surface area (Å²) in [6, 6.07) is 7.64. The van der Waals surface area contributed by atoms with Crippen LogP contribution in [-0.4, -0.2) is 23.9 Å². The molecule has 1 fully saturated rings. The smallest absolute Gasteiger partial charge is 0.254 e. The van der Waals surface area contributed by atoms with Crippen LogP contribution in [0.15, 0.2) is 24.3 Å². The van der Waals surface area contributed by atoms with E-state index in [9.17, 15) is 4.79 Å². The van der Waals surface area contributed by atoms with Gasteiger partial charge in [-0.2, -0.15) is 0 Å². The van der Waals surface area contributed by atoms with E-state index in [4.69, 9.17) is 5.73 Å². The summed E-state index contributed by atoms with van der Waals surface area (Å²) >= 11 is 0. The van der Waals surface area contributed by atoms with Crippen LogP contribution in [0.1, 0.15) is 35.7 Å². The van der Waals surface area contributed by atoms with Gasteiger partial charge in [0.1, 0.15) is 0 Å². The third-order valence-electron chi connectivity index (χ3n) is 3.41. The topological polar surface area (TPSA) is 46.3 Å². The molecule has 1 unspecified atom stereocenters. The van der Waals surface area contributed by atoms with E-state index >= 15 is 0 Å². The van der Waals surface area contributed by atoms with E-state index in [0.717, 1.165) is 30.6 Å². The summed E-state index contributed by atoms with van der Waals surface area (Å²) in [5.74, 6) is 0.746.